The molecular weight excluding hydrogens is 473 g/mol. The third-order valence-electron chi connectivity index (χ3n) is 4.78. The Kier molecular flexibility index (Phi) is 11.5. The van der Waals surface area contributed by atoms with E-state index < -0.39 is 0 Å². The van der Waals surface area contributed by atoms with Gasteiger partial charge in [-0.1, -0.05) is 24.6 Å². The minimum Gasteiger partial charge on any atom is -0.496 e. The third kappa shape index (κ3) is 7.69. The molecule has 0 unspecified atom stereocenters. The molecule has 1 aliphatic heterocycles. The lowest BCUT2D eigenvalue weighted by atomic mass is 9.99. The van der Waals surface area contributed by atoms with Gasteiger partial charge in [0.05, 0.1) is 7.11 Å². The highest BCUT2D eigenvalue weighted by Crippen LogP contribution is 2.34. The lowest BCUT2D eigenvalue weighted by Crippen LogP contribution is -2.48. The quantitative estimate of drug-likeness (QED) is 0.320. The fraction of sp³-hybridized carbons (Fsp3) is 0.650. The molecule has 1 heterocycles. The van der Waals surface area contributed by atoms with Gasteiger partial charge in [-0.15, -0.1) is 24.0 Å². The number of nitrogens with zero attached hydrogens (tertiary/aromatic N) is 1. The van der Waals surface area contributed by atoms with Gasteiger partial charge in [0.1, 0.15) is 5.75 Å². The number of halogens is 1. The maximum absolute atomic E-state index is 5.55. The zero-order valence-corrected chi connectivity index (χ0v) is 20.1. The third-order valence-corrected chi connectivity index (χ3v) is 6.23. The summed E-state index contributed by atoms with van der Waals surface area (Å²) in [6.07, 6.45) is 3.08. The van der Waals surface area contributed by atoms with Crippen LogP contribution in [0.25, 0.3) is 0 Å². The van der Waals surface area contributed by atoms with E-state index in [4.69, 9.17) is 9.47 Å². The van der Waals surface area contributed by atoms with Gasteiger partial charge in [0.25, 0.3) is 0 Å². The Morgan fingerprint density at radius 1 is 1.30 bits per heavy atom. The maximum atomic E-state index is 5.55. The van der Waals surface area contributed by atoms with Crippen molar-refractivity contribution < 1.29 is 9.47 Å². The molecule has 0 atom stereocenters. The molecule has 1 aliphatic rings. The van der Waals surface area contributed by atoms with Crippen molar-refractivity contribution in [1.29, 1.82) is 0 Å². The van der Waals surface area contributed by atoms with Crippen molar-refractivity contribution in [2.24, 2.45) is 4.99 Å². The monoisotopic (exact) mass is 507 g/mol. The van der Waals surface area contributed by atoms with Crippen LogP contribution in [0.4, 0.5) is 0 Å². The predicted molar refractivity (Wildman–Crippen MR) is 127 cm³/mol. The Hall–Kier alpha value is -0.670. The Bertz CT molecular complexity index is 587. The second-order valence-electron chi connectivity index (χ2n) is 6.65. The van der Waals surface area contributed by atoms with Crippen molar-refractivity contribution in [2.45, 2.75) is 37.9 Å². The van der Waals surface area contributed by atoms with Crippen LogP contribution >= 0.6 is 35.7 Å². The molecule has 154 valence electrons. The number of ether oxygens (including phenoxy) is 2. The van der Waals surface area contributed by atoms with Gasteiger partial charge in [-0.2, -0.15) is 11.8 Å². The van der Waals surface area contributed by atoms with Crippen molar-refractivity contribution in [1.82, 2.24) is 10.6 Å². The topological polar surface area (TPSA) is 54.9 Å². The standard InChI is InChI=1S/C20H33N3O2S.HI/c1-5-26-20(9-12-25-13-10-20)15-23-19(21-3)22-11-8-17-14-16(2)6-7-18(17)24-4;/h6-7,14H,5,8-13,15H2,1-4H3,(H2,21,22,23);1H. The zero-order valence-electron chi connectivity index (χ0n) is 17.0. The summed E-state index contributed by atoms with van der Waals surface area (Å²) in [5, 5.41) is 6.95. The lowest BCUT2D eigenvalue weighted by molar-refractivity contribution is 0.0782. The van der Waals surface area contributed by atoms with Crippen LogP contribution < -0.4 is 15.4 Å². The molecule has 2 rings (SSSR count). The zero-order chi connectivity index (χ0) is 18.8. The first-order chi connectivity index (χ1) is 12.6. The minimum atomic E-state index is 0. The Morgan fingerprint density at radius 2 is 2.04 bits per heavy atom. The first-order valence-corrected chi connectivity index (χ1v) is 10.4. The first kappa shape index (κ1) is 24.4. The maximum Gasteiger partial charge on any atom is 0.191 e. The number of rotatable bonds is 8. The van der Waals surface area contributed by atoms with E-state index in [1.165, 1.54) is 11.1 Å². The number of thioether (sulfide) groups is 1. The highest BCUT2D eigenvalue weighted by atomic mass is 127. The van der Waals surface area contributed by atoms with Crippen LogP contribution in [-0.4, -0.2) is 56.9 Å². The number of guanidine groups is 1. The molecule has 5 nitrogen and oxygen atoms in total. The van der Waals surface area contributed by atoms with Gasteiger partial charge in [0, 0.05) is 38.1 Å². The van der Waals surface area contributed by atoms with Crippen LogP contribution in [0.3, 0.4) is 0 Å². The van der Waals surface area contributed by atoms with Crippen LogP contribution in [-0.2, 0) is 11.2 Å². The molecule has 0 radical (unpaired) electrons. The average molecular weight is 507 g/mol. The second kappa shape index (κ2) is 12.7. The van der Waals surface area contributed by atoms with Crippen molar-refractivity contribution in [3.63, 3.8) is 0 Å². The smallest absolute Gasteiger partial charge is 0.191 e. The number of benzene rings is 1. The van der Waals surface area contributed by atoms with Crippen molar-refractivity contribution in [3.05, 3.63) is 29.3 Å². The first-order valence-electron chi connectivity index (χ1n) is 9.42. The fourth-order valence-corrected chi connectivity index (χ4v) is 4.55. The van der Waals surface area contributed by atoms with Crippen LogP contribution in [0.15, 0.2) is 23.2 Å². The number of nitrogens with one attached hydrogen (secondary N) is 2. The normalized spacial score (nSPS) is 16.4. The van der Waals surface area contributed by atoms with Gasteiger partial charge in [-0.05, 0) is 43.6 Å². The molecule has 0 amide bonds. The van der Waals surface area contributed by atoms with Gasteiger partial charge >= 0.3 is 0 Å². The summed E-state index contributed by atoms with van der Waals surface area (Å²) in [4.78, 5) is 4.38. The molecular formula is C20H34IN3O2S. The summed E-state index contributed by atoms with van der Waals surface area (Å²) < 4.78 is 11.3. The van der Waals surface area contributed by atoms with Gasteiger partial charge in [0.2, 0.25) is 0 Å². The summed E-state index contributed by atoms with van der Waals surface area (Å²) in [7, 11) is 3.55. The minimum absolute atomic E-state index is 0. The molecule has 0 saturated carbocycles. The van der Waals surface area contributed by atoms with E-state index in [1.54, 1.807) is 7.11 Å². The van der Waals surface area contributed by atoms with E-state index >= 15 is 0 Å². The van der Waals surface area contributed by atoms with E-state index in [9.17, 15) is 0 Å². The molecule has 1 fully saturated rings. The van der Waals surface area contributed by atoms with Gasteiger partial charge in [-0.3, -0.25) is 4.99 Å². The molecule has 7 heteroatoms. The number of methoxy groups -OCH3 is 1. The Balaban J connectivity index is 0.00000364. The predicted octanol–water partition coefficient (Wildman–Crippen LogP) is 3.63. The van der Waals surface area contributed by atoms with E-state index in [0.29, 0.717) is 0 Å². The summed E-state index contributed by atoms with van der Waals surface area (Å²) >= 11 is 2.04. The van der Waals surface area contributed by atoms with E-state index in [1.807, 2.05) is 24.9 Å². The van der Waals surface area contributed by atoms with Gasteiger partial charge in [0.15, 0.2) is 5.96 Å². The van der Waals surface area contributed by atoms with Crippen LogP contribution in [0.5, 0.6) is 5.75 Å². The SMILES string of the molecule is CCSC1(CNC(=NC)NCCc2cc(C)ccc2OC)CCOCC1.I. The summed E-state index contributed by atoms with van der Waals surface area (Å²) in [6, 6.07) is 6.30. The Labute approximate surface area is 185 Å². The van der Waals surface area contributed by atoms with Crippen molar-refractivity contribution >= 4 is 41.7 Å². The van der Waals surface area contributed by atoms with Crippen molar-refractivity contribution in [3.8, 4) is 5.75 Å². The van der Waals surface area contributed by atoms with E-state index in [0.717, 1.165) is 63.0 Å². The lowest BCUT2D eigenvalue weighted by Gasteiger charge is -2.37. The van der Waals surface area contributed by atoms with Gasteiger partial charge in [-0.25, -0.2) is 0 Å². The molecule has 27 heavy (non-hydrogen) atoms. The summed E-state index contributed by atoms with van der Waals surface area (Å²) in [5.41, 5.74) is 2.47. The number of hydrogen-bond donors (Lipinski definition) is 2. The number of aliphatic imine (C=N–C) groups is 1. The molecule has 0 aliphatic carbocycles. The number of aryl methyl sites for hydroxylation is 1. The summed E-state index contributed by atoms with van der Waals surface area (Å²) in [6.45, 7) is 7.78. The highest BCUT2D eigenvalue weighted by Gasteiger charge is 2.32. The van der Waals surface area contributed by atoms with Crippen LogP contribution in [0.1, 0.15) is 30.9 Å². The molecule has 0 aromatic heterocycles. The molecule has 1 aromatic rings. The largest absolute Gasteiger partial charge is 0.496 e. The Morgan fingerprint density at radius 3 is 2.67 bits per heavy atom. The molecule has 0 spiro atoms. The second-order valence-corrected chi connectivity index (χ2v) is 8.38. The van der Waals surface area contributed by atoms with E-state index in [-0.39, 0.29) is 28.7 Å². The van der Waals surface area contributed by atoms with Crippen molar-refractivity contribution in [2.75, 3.05) is 46.2 Å². The number of hydrogen-bond acceptors (Lipinski definition) is 4. The molecule has 2 N–H and O–H groups in total. The average Bonchev–Trinajstić information content (AvgIpc) is 2.65. The molecule has 1 aromatic carbocycles. The highest BCUT2D eigenvalue weighted by molar-refractivity contribution is 14.0. The van der Waals surface area contributed by atoms with Crippen LogP contribution in [0, 0.1) is 6.92 Å². The molecule has 1 saturated heterocycles. The van der Waals surface area contributed by atoms with E-state index in [2.05, 4.69) is 41.6 Å². The van der Waals surface area contributed by atoms with Gasteiger partial charge < -0.3 is 20.1 Å². The van der Waals surface area contributed by atoms with Crippen LogP contribution in [0.2, 0.25) is 0 Å². The fourth-order valence-electron chi connectivity index (χ4n) is 3.31. The molecule has 0 bridgehead atoms. The summed E-state index contributed by atoms with van der Waals surface area (Å²) in [5.74, 6) is 2.93.